The van der Waals surface area contributed by atoms with E-state index in [1.807, 2.05) is 24.3 Å². The number of halogens is 1. The molecule has 0 aromatic heterocycles. The van der Waals surface area contributed by atoms with Crippen LogP contribution in [-0.4, -0.2) is 6.17 Å². The molecule has 2 bridgehead atoms. The van der Waals surface area contributed by atoms with Gasteiger partial charge in [0.25, 0.3) is 0 Å². The number of rotatable bonds is 0. The van der Waals surface area contributed by atoms with Crippen molar-refractivity contribution in [3.63, 3.8) is 0 Å². The van der Waals surface area contributed by atoms with Crippen LogP contribution >= 0.6 is 0 Å². The molecule has 2 aliphatic carbocycles. The van der Waals surface area contributed by atoms with Crippen LogP contribution in [0.15, 0.2) is 35.5 Å². The Hall–Kier alpha value is -0.850. The van der Waals surface area contributed by atoms with Gasteiger partial charge in [0, 0.05) is 0 Å². The van der Waals surface area contributed by atoms with Crippen LogP contribution in [-0.2, 0) is 0 Å². The summed E-state index contributed by atoms with van der Waals surface area (Å²) in [5.74, 6) is 0. The predicted molar refractivity (Wildman–Crippen MR) is 30.2 cm³/mol. The summed E-state index contributed by atoms with van der Waals surface area (Å²) in [5.41, 5.74) is 1.61. The number of hydrogen-bond acceptors (Lipinski definition) is 0. The van der Waals surface area contributed by atoms with Gasteiger partial charge in [-0.05, 0) is 11.1 Å². The third-order valence-electron chi connectivity index (χ3n) is 1.52. The highest BCUT2D eigenvalue weighted by Crippen LogP contribution is 2.30. The standard InChI is InChI=1S/C7H5F/c8-7-5-1-2-6(7)4-3-5/h1-4,7H. The molecule has 0 atom stereocenters. The molecule has 0 amide bonds. The van der Waals surface area contributed by atoms with Crippen molar-refractivity contribution in [1.82, 2.24) is 0 Å². The Morgan fingerprint density at radius 1 is 1.12 bits per heavy atom. The first-order valence-electron chi connectivity index (χ1n) is 2.62. The first kappa shape index (κ1) is 4.07. The average molecular weight is 108 g/mol. The van der Waals surface area contributed by atoms with Crippen LogP contribution in [0.3, 0.4) is 0 Å². The minimum absolute atomic E-state index is 0.796. The molecule has 40 valence electrons. The van der Waals surface area contributed by atoms with Crippen LogP contribution in [0.2, 0.25) is 0 Å². The first-order chi connectivity index (χ1) is 3.88. The van der Waals surface area contributed by atoms with Crippen LogP contribution < -0.4 is 0 Å². The van der Waals surface area contributed by atoms with Gasteiger partial charge in [0.1, 0.15) is 0 Å². The minimum atomic E-state index is -0.796. The smallest absolute Gasteiger partial charge is 0.150 e. The summed E-state index contributed by atoms with van der Waals surface area (Å²) in [6.07, 6.45) is 6.48. The molecule has 0 aromatic rings. The van der Waals surface area contributed by atoms with Gasteiger partial charge in [-0.15, -0.1) is 0 Å². The molecule has 0 unspecified atom stereocenters. The summed E-state index contributed by atoms with van der Waals surface area (Å²) >= 11 is 0. The second kappa shape index (κ2) is 1.10. The van der Waals surface area contributed by atoms with Crippen molar-refractivity contribution in [2.75, 3.05) is 0 Å². The maximum absolute atomic E-state index is 12.6. The molecular formula is C7H5F. The van der Waals surface area contributed by atoms with E-state index in [0.29, 0.717) is 0 Å². The Bertz CT molecular complexity index is 186. The summed E-state index contributed by atoms with van der Waals surface area (Å²) in [4.78, 5) is 0. The summed E-state index contributed by atoms with van der Waals surface area (Å²) in [6, 6.07) is 0. The van der Waals surface area contributed by atoms with E-state index in [4.69, 9.17) is 0 Å². The minimum Gasteiger partial charge on any atom is -0.237 e. The third kappa shape index (κ3) is 0.302. The van der Waals surface area contributed by atoms with Gasteiger partial charge in [-0.1, -0.05) is 24.3 Å². The van der Waals surface area contributed by atoms with Gasteiger partial charge in [0.15, 0.2) is 6.17 Å². The van der Waals surface area contributed by atoms with E-state index in [0.717, 1.165) is 11.1 Å². The molecule has 0 heterocycles. The number of fused-ring (bicyclic) bond motifs is 2. The molecule has 0 spiro atoms. The maximum atomic E-state index is 12.6. The highest BCUT2D eigenvalue weighted by molar-refractivity contribution is 5.54. The van der Waals surface area contributed by atoms with Crippen molar-refractivity contribution < 1.29 is 4.39 Å². The third-order valence-corrected chi connectivity index (χ3v) is 1.52. The second-order valence-electron chi connectivity index (χ2n) is 2.03. The molecule has 0 N–H and O–H groups in total. The van der Waals surface area contributed by atoms with E-state index in [1.54, 1.807) is 0 Å². The van der Waals surface area contributed by atoms with Crippen LogP contribution in [0.25, 0.3) is 0 Å². The first-order valence-corrected chi connectivity index (χ1v) is 2.62. The van der Waals surface area contributed by atoms with Gasteiger partial charge in [0.2, 0.25) is 0 Å². The van der Waals surface area contributed by atoms with E-state index in [1.165, 1.54) is 0 Å². The highest BCUT2D eigenvalue weighted by Gasteiger charge is 2.22. The normalized spacial score (nSPS) is 24.1. The zero-order valence-corrected chi connectivity index (χ0v) is 4.26. The van der Waals surface area contributed by atoms with Crippen molar-refractivity contribution in [2.24, 2.45) is 0 Å². The van der Waals surface area contributed by atoms with Crippen molar-refractivity contribution in [1.29, 1.82) is 0 Å². The van der Waals surface area contributed by atoms with E-state index in [-0.39, 0.29) is 0 Å². The maximum Gasteiger partial charge on any atom is 0.150 e. The zero-order valence-electron chi connectivity index (χ0n) is 4.26. The second-order valence-corrected chi connectivity index (χ2v) is 2.03. The lowest BCUT2D eigenvalue weighted by Crippen LogP contribution is -1.92. The number of alkyl halides is 1. The van der Waals surface area contributed by atoms with E-state index in [2.05, 4.69) is 0 Å². The summed E-state index contributed by atoms with van der Waals surface area (Å²) in [6.45, 7) is 0. The molecular weight excluding hydrogens is 103 g/mol. The Labute approximate surface area is 47.0 Å². The largest absolute Gasteiger partial charge is 0.237 e. The Kier molecular flexibility index (Phi) is 0.562. The molecule has 0 radical (unpaired) electrons. The highest BCUT2D eigenvalue weighted by atomic mass is 19.1. The van der Waals surface area contributed by atoms with Gasteiger partial charge in [-0.25, -0.2) is 4.39 Å². The molecule has 0 fully saturated rings. The lowest BCUT2D eigenvalue weighted by Gasteiger charge is -1.92. The topological polar surface area (TPSA) is 0 Å². The lowest BCUT2D eigenvalue weighted by molar-refractivity contribution is 0.454. The molecule has 0 saturated carbocycles. The van der Waals surface area contributed by atoms with Gasteiger partial charge in [0.05, 0.1) is 0 Å². The molecule has 2 aliphatic rings. The number of allylic oxidation sites excluding steroid dienone is 6. The SMILES string of the molecule is FC1C2=CC=C1C=C2. The molecule has 0 saturated heterocycles. The van der Waals surface area contributed by atoms with Crippen molar-refractivity contribution in [3.8, 4) is 0 Å². The van der Waals surface area contributed by atoms with E-state index < -0.39 is 6.17 Å². The number of hydrogen-bond donors (Lipinski definition) is 0. The molecule has 0 aromatic carbocycles. The summed E-state index contributed by atoms with van der Waals surface area (Å²) in [7, 11) is 0. The van der Waals surface area contributed by atoms with Crippen molar-refractivity contribution >= 4 is 0 Å². The van der Waals surface area contributed by atoms with Crippen LogP contribution in [0, 0.1) is 0 Å². The van der Waals surface area contributed by atoms with E-state index in [9.17, 15) is 4.39 Å². The lowest BCUT2D eigenvalue weighted by atomic mass is 10.2. The van der Waals surface area contributed by atoms with Crippen molar-refractivity contribution in [3.05, 3.63) is 35.5 Å². The zero-order chi connectivity index (χ0) is 5.56. The molecule has 8 heavy (non-hydrogen) atoms. The van der Waals surface area contributed by atoms with Crippen LogP contribution in [0.1, 0.15) is 0 Å². The van der Waals surface area contributed by atoms with Gasteiger partial charge >= 0.3 is 0 Å². The van der Waals surface area contributed by atoms with Crippen molar-refractivity contribution in [2.45, 2.75) is 6.17 Å². The average Bonchev–Trinajstić information content (AvgIpc) is 2.29. The van der Waals surface area contributed by atoms with Crippen LogP contribution in [0.4, 0.5) is 4.39 Å². The monoisotopic (exact) mass is 108 g/mol. The fraction of sp³-hybridized carbons (Fsp3) is 0.143. The predicted octanol–water partition coefficient (Wildman–Crippen LogP) is 1.76. The molecule has 2 rings (SSSR count). The fourth-order valence-electron chi connectivity index (χ4n) is 1.03. The van der Waals surface area contributed by atoms with Gasteiger partial charge in [-0.2, -0.15) is 0 Å². The quantitative estimate of drug-likeness (QED) is 0.443. The Morgan fingerprint density at radius 3 is 1.75 bits per heavy atom. The fourth-order valence-corrected chi connectivity index (χ4v) is 1.03. The van der Waals surface area contributed by atoms with Gasteiger partial charge in [-0.3, -0.25) is 0 Å². The summed E-state index contributed by atoms with van der Waals surface area (Å²) in [5, 5.41) is 0. The Morgan fingerprint density at radius 2 is 1.62 bits per heavy atom. The molecule has 0 nitrogen and oxygen atoms in total. The molecule has 1 heteroatoms. The summed E-state index contributed by atoms with van der Waals surface area (Å²) < 4.78 is 12.6. The Balaban J connectivity index is 2.57. The van der Waals surface area contributed by atoms with Crippen LogP contribution in [0.5, 0.6) is 0 Å². The molecule has 0 aliphatic heterocycles. The van der Waals surface area contributed by atoms with E-state index >= 15 is 0 Å². The van der Waals surface area contributed by atoms with Gasteiger partial charge < -0.3 is 0 Å².